The monoisotopic (exact) mass is 211 g/mol. The molecule has 88 valence electrons. The summed E-state index contributed by atoms with van der Waals surface area (Å²) in [5, 5.41) is 0. The Bertz CT molecular complexity index is 231. The van der Waals surface area contributed by atoms with Crippen LogP contribution in [0, 0.1) is 11.3 Å². The van der Waals surface area contributed by atoms with E-state index in [2.05, 4.69) is 38.1 Å². The molecule has 3 heteroatoms. The number of amidine groups is 1. The van der Waals surface area contributed by atoms with Crippen LogP contribution in [0.2, 0.25) is 0 Å². The Morgan fingerprint density at radius 1 is 1.40 bits per heavy atom. The van der Waals surface area contributed by atoms with Crippen LogP contribution in [0.1, 0.15) is 53.4 Å². The number of aliphatic imine (C=N–C) groups is 1. The molecule has 0 amide bonds. The third kappa shape index (κ3) is 3.20. The van der Waals surface area contributed by atoms with Gasteiger partial charge in [0, 0.05) is 12.0 Å². The van der Waals surface area contributed by atoms with E-state index < -0.39 is 0 Å². The lowest BCUT2D eigenvalue weighted by Gasteiger charge is -2.39. The third-order valence-electron chi connectivity index (χ3n) is 3.38. The highest BCUT2D eigenvalue weighted by molar-refractivity contribution is 5.85. The van der Waals surface area contributed by atoms with Crippen molar-refractivity contribution in [2.75, 3.05) is 0 Å². The van der Waals surface area contributed by atoms with Crippen molar-refractivity contribution in [1.82, 2.24) is 5.43 Å². The molecular weight excluding hydrogens is 186 g/mol. The van der Waals surface area contributed by atoms with Gasteiger partial charge in [0.15, 0.2) is 0 Å². The molecule has 1 aliphatic carbocycles. The molecular formula is C12H25N3. The molecule has 0 heterocycles. The highest BCUT2D eigenvalue weighted by Crippen LogP contribution is 2.40. The number of hydrazine groups is 1. The molecule has 3 N–H and O–H groups in total. The van der Waals surface area contributed by atoms with Crippen molar-refractivity contribution in [3.05, 3.63) is 0 Å². The van der Waals surface area contributed by atoms with E-state index in [-0.39, 0.29) is 0 Å². The second kappa shape index (κ2) is 4.97. The van der Waals surface area contributed by atoms with Crippen LogP contribution >= 0.6 is 0 Å². The van der Waals surface area contributed by atoms with Gasteiger partial charge < -0.3 is 5.43 Å². The van der Waals surface area contributed by atoms with E-state index in [1.807, 2.05) is 0 Å². The maximum Gasteiger partial charge on any atom is 0.114 e. The summed E-state index contributed by atoms with van der Waals surface area (Å²) in [6.45, 7) is 8.83. The Labute approximate surface area is 93.5 Å². The molecule has 0 aliphatic heterocycles. The molecule has 1 atom stereocenters. The normalized spacial score (nSPS) is 26.8. The zero-order chi connectivity index (χ0) is 11.5. The zero-order valence-electron chi connectivity index (χ0n) is 10.5. The minimum absolute atomic E-state index is 0.314. The Kier molecular flexibility index (Phi) is 4.14. The van der Waals surface area contributed by atoms with Gasteiger partial charge in [0.1, 0.15) is 5.84 Å². The van der Waals surface area contributed by atoms with E-state index in [0.29, 0.717) is 17.4 Å². The van der Waals surface area contributed by atoms with Crippen molar-refractivity contribution in [3.63, 3.8) is 0 Å². The van der Waals surface area contributed by atoms with Crippen LogP contribution in [0.25, 0.3) is 0 Å². The number of nitrogens with one attached hydrogen (secondary N) is 1. The van der Waals surface area contributed by atoms with E-state index in [0.717, 1.165) is 5.84 Å². The number of nitrogens with two attached hydrogens (primary N) is 1. The molecule has 1 unspecified atom stereocenters. The van der Waals surface area contributed by atoms with Crippen LogP contribution < -0.4 is 11.3 Å². The third-order valence-corrected chi connectivity index (χ3v) is 3.38. The van der Waals surface area contributed by atoms with Gasteiger partial charge >= 0.3 is 0 Å². The van der Waals surface area contributed by atoms with Gasteiger partial charge in [0.25, 0.3) is 0 Å². The fourth-order valence-electron chi connectivity index (χ4n) is 2.51. The molecule has 0 aromatic heterocycles. The zero-order valence-corrected chi connectivity index (χ0v) is 10.5. The predicted molar refractivity (Wildman–Crippen MR) is 65.6 cm³/mol. The molecule has 0 saturated heterocycles. The second-order valence-corrected chi connectivity index (χ2v) is 5.54. The summed E-state index contributed by atoms with van der Waals surface area (Å²) in [6.07, 6.45) is 5.12. The lowest BCUT2D eigenvalue weighted by molar-refractivity contribution is 0.189. The maximum absolute atomic E-state index is 5.59. The van der Waals surface area contributed by atoms with Crippen LogP contribution in [0.3, 0.4) is 0 Å². The van der Waals surface area contributed by atoms with Crippen molar-refractivity contribution in [3.8, 4) is 0 Å². The predicted octanol–water partition coefficient (Wildman–Crippen LogP) is 2.47. The molecule has 0 radical (unpaired) electrons. The van der Waals surface area contributed by atoms with Crippen molar-refractivity contribution in [1.29, 1.82) is 0 Å². The van der Waals surface area contributed by atoms with Gasteiger partial charge in [-0.2, -0.15) is 0 Å². The van der Waals surface area contributed by atoms with Crippen molar-refractivity contribution >= 4 is 5.84 Å². The Hall–Kier alpha value is -0.570. The summed E-state index contributed by atoms with van der Waals surface area (Å²) >= 11 is 0. The van der Waals surface area contributed by atoms with E-state index in [9.17, 15) is 0 Å². The van der Waals surface area contributed by atoms with Gasteiger partial charge in [-0.15, -0.1) is 0 Å². The van der Waals surface area contributed by atoms with E-state index in [4.69, 9.17) is 5.84 Å². The van der Waals surface area contributed by atoms with Crippen LogP contribution in [-0.4, -0.2) is 11.9 Å². The van der Waals surface area contributed by atoms with Gasteiger partial charge in [-0.3, -0.25) is 4.99 Å². The number of hydrogen-bond acceptors (Lipinski definition) is 2. The smallest absolute Gasteiger partial charge is 0.114 e. The number of rotatable bonds is 2. The quantitative estimate of drug-likeness (QED) is 0.319. The van der Waals surface area contributed by atoms with E-state index >= 15 is 0 Å². The molecule has 1 aliphatic rings. The lowest BCUT2D eigenvalue weighted by Crippen LogP contribution is -2.44. The lowest BCUT2D eigenvalue weighted by atomic mass is 9.68. The minimum Gasteiger partial charge on any atom is -0.312 e. The average molecular weight is 211 g/mol. The summed E-state index contributed by atoms with van der Waals surface area (Å²) in [5.41, 5.74) is 3.14. The van der Waals surface area contributed by atoms with Crippen LogP contribution in [0.4, 0.5) is 0 Å². The first-order valence-electron chi connectivity index (χ1n) is 6.01. The SMILES string of the molecule is CC(C)N=C(NN)C1CCCCC1(C)C. The Morgan fingerprint density at radius 2 is 2.07 bits per heavy atom. The van der Waals surface area contributed by atoms with E-state index in [1.165, 1.54) is 25.7 Å². The Balaban J connectivity index is 2.82. The van der Waals surface area contributed by atoms with Gasteiger partial charge in [-0.25, -0.2) is 5.84 Å². The van der Waals surface area contributed by atoms with Gasteiger partial charge in [-0.05, 0) is 32.1 Å². The molecule has 15 heavy (non-hydrogen) atoms. The highest BCUT2D eigenvalue weighted by atomic mass is 15.3. The average Bonchev–Trinajstić information content (AvgIpc) is 2.14. The molecule has 0 aromatic rings. The highest BCUT2D eigenvalue weighted by Gasteiger charge is 2.35. The minimum atomic E-state index is 0.314. The second-order valence-electron chi connectivity index (χ2n) is 5.54. The standard InChI is InChI=1S/C12H25N3/c1-9(2)14-11(15-13)10-7-5-6-8-12(10,3)4/h9-10H,5-8,13H2,1-4H3,(H,14,15). The van der Waals surface area contributed by atoms with Crippen molar-refractivity contribution < 1.29 is 0 Å². The summed E-state index contributed by atoms with van der Waals surface area (Å²) < 4.78 is 0. The van der Waals surface area contributed by atoms with Gasteiger partial charge in [0.05, 0.1) is 0 Å². The topological polar surface area (TPSA) is 50.4 Å². The van der Waals surface area contributed by atoms with Gasteiger partial charge in [-0.1, -0.05) is 26.7 Å². The fraction of sp³-hybridized carbons (Fsp3) is 0.917. The molecule has 3 nitrogen and oxygen atoms in total. The first-order valence-corrected chi connectivity index (χ1v) is 6.01. The first kappa shape index (κ1) is 12.5. The Morgan fingerprint density at radius 3 is 2.53 bits per heavy atom. The van der Waals surface area contributed by atoms with Crippen LogP contribution in [0.15, 0.2) is 4.99 Å². The molecule has 1 saturated carbocycles. The molecule has 0 bridgehead atoms. The maximum atomic E-state index is 5.59. The van der Waals surface area contributed by atoms with Gasteiger partial charge in [0.2, 0.25) is 0 Å². The fourth-order valence-corrected chi connectivity index (χ4v) is 2.51. The van der Waals surface area contributed by atoms with Crippen molar-refractivity contribution in [2.45, 2.75) is 59.4 Å². The summed E-state index contributed by atoms with van der Waals surface area (Å²) in [6, 6.07) is 0.314. The van der Waals surface area contributed by atoms with E-state index in [1.54, 1.807) is 0 Å². The largest absolute Gasteiger partial charge is 0.312 e. The summed E-state index contributed by atoms with van der Waals surface area (Å²) in [5.74, 6) is 7.09. The summed E-state index contributed by atoms with van der Waals surface area (Å²) in [7, 11) is 0. The molecule has 1 rings (SSSR count). The van der Waals surface area contributed by atoms with Crippen LogP contribution in [0.5, 0.6) is 0 Å². The number of nitrogens with zero attached hydrogens (tertiary/aromatic N) is 1. The first-order chi connectivity index (χ1) is 6.97. The molecule has 1 fully saturated rings. The molecule has 0 aromatic carbocycles. The van der Waals surface area contributed by atoms with Crippen molar-refractivity contribution in [2.24, 2.45) is 22.2 Å². The van der Waals surface area contributed by atoms with Crippen LogP contribution in [-0.2, 0) is 0 Å². The number of hydrogen-bond donors (Lipinski definition) is 2. The molecule has 0 spiro atoms. The summed E-state index contributed by atoms with van der Waals surface area (Å²) in [4.78, 5) is 4.60.